The van der Waals surface area contributed by atoms with Crippen LogP contribution in [0, 0.1) is 3.57 Å². The van der Waals surface area contributed by atoms with Crippen LogP contribution in [0.2, 0.25) is 0 Å². The zero-order valence-corrected chi connectivity index (χ0v) is 17.5. The highest BCUT2D eigenvalue weighted by atomic mass is 127. The molecular weight excluding hydrogens is 483 g/mol. The van der Waals surface area contributed by atoms with E-state index < -0.39 is 0 Å². The lowest BCUT2D eigenvalue weighted by molar-refractivity contribution is -0.113. The fraction of sp³-hybridized carbons (Fsp3) is 0.118. The van der Waals surface area contributed by atoms with E-state index in [1.54, 1.807) is 7.11 Å². The average molecular weight is 498 g/mol. The zero-order valence-electron chi connectivity index (χ0n) is 13.7. The average Bonchev–Trinajstić information content (AvgIpc) is 3.10. The first-order valence-electron chi connectivity index (χ1n) is 7.56. The van der Waals surface area contributed by atoms with Gasteiger partial charge < -0.3 is 15.4 Å². The number of hydrogen-bond acceptors (Lipinski definition) is 7. The van der Waals surface area contributed by atoms with E-state index in [-0.39, 0.29) is 11.7 Å². The molecule has 0 saturated heterocycles. The predicted molar refractivity (Wildman–Crippen MR) is 115 cm³/mol. The van der Waals surface area contributed by atoms with E-state index in [9.17, 15) is 4.79 Å². The number of methoxy groups -OCH3 is 1. The molecule has 0 fully saturated rings. The second-order valence-corrected chi connectivity index (χ2v) is 8.49. The molecule has 3 rings (SSSR count). The lowest BCUT2D eigenvalue weighted by Crippen LogP contribution is -2.13. The van der Waals surface area contributed by atoms with Gasteiger partial charge in [0.1, 0.15) is 5.75 Å². The molecule has 26 heavy (non-hydrogen) atoms. The highest BCUT2D eigenvalue weighted by Crippen LogP contribution is 2.31. The van der Waals surface area contributed by atoms with Gasteiger partial charge in [0.2, 0.25) is 11.0 Å². The van der Waals surface area contributed by atoms with Gasteiger partial charge in [0, 0.05) is 9.26 Å². The Morgan fingerprint density at radius 3 is 2.73 bits per heavy atom. The molecule has 9 heteroatoms. The van der Waals surface area contributed by atoms with Crippen LogP contribution in [0.15, 0.2) is 52.9 Å². The number of carbonyl (C=O) groups is 1. The van der Waals surface area contributed by atoms with E-state index in [0.717, 1.165) is 25.0 Å². The van der Waals surface area contributed by atoms with Crippen LogP contribution < -0.4 is 15.4 Å². The summed E-state index contributed by atoms with van der Waals surface area (Å²) in [5.74, 6) is 0.925. The summed E-state index contributed by atoms with van der Waals surface area (Å²) in [4.78, 5) is 12.0. The Balaban J connectivity index is 1.53. The Labute approximate surface area is 172 Å². The van der Waals surface area contributed by atoms with Crippen LogP contribution in [0.3, 0.4) is 0 Å². The number of anilines is 3. The molecule has 1 amide bonds. The van der Waals surface area contributed by atoms with E-state index in [1.807, 2.05) is 48.5 Å². The number of hydrogen-bond donors (Lipinski definition) is 2. The van der Waals surface area contributed by atoms with Gasteiger partial charge in [0.05, 0.1) is 18.6 Å². The van der Waals surface area contributed by atoms with Crippen LogP contribution in [0.1, 0.15) is 0 Å². The van der Waals surface area contributed by atoms with Gasteiger partial charge in [-0.2, -0.15) is 0 Å². The van der Waals surface area contributed by atoms with Crippen molar-refractivity contribution in [2.24, 2.45) is 0 Å². The van der Waals surface area contributed by atoms with Gasteiger partial charge in [-0.3, -0.25) is 4.79 Å². The Bertz CT molecular complexity index is 886. The van der Waals surface area contributed by atoms with Crippen LogP contribution in [0.5, 0.6) is 5.75 Å². The molecule has 0 aliphatic carbocycles. The van der Waals surface area contributed by atoms with Crippen molar-refractivity contribution < 1.29 is 9.53 Å². The summed E-state index contributed by atoms with van der Waals surface area (Å²) >= 11 is 4.97. The molecule has 0 aliphatic heterocycles. The molecule has 134 valence electrons. The van der Waals surface area contributed by atoms with Crippen LogP contribution in [-0.2, 0) is 4.79 Å². The van der Waals surface area contributed by atoms with Crippen molar-refractivity contribution in [1.82, 2.24) is 10.2 Å². The number of nitrogens with one attached hydrogen (secondary N) is 2. The fourth-order valence-corrected chi connectivity index (χ4v) is 3.96. The highest BCUT2D eigenvalue weighted by molar-refractivity contribution is 14.1. The molecule has 6 nitrogen and oxygen atoms in total. The topological polar surface area (TPSA) is 76.1 Å². The standard InChI is InChI=1S/C17H15IN4O2S2/c1-24-14-5-3-2-4-13(14)20-16-21-22-17(26-16)25-10-15(23)19-12-8-6-11(18)7-9-12/h2-9H,10H2,1H3,(H,19,23)(H,20,21). The molecule has 0 atom stereocenters. The van der Waals surface area contributed by atoms with Crippen molar-refractivity contribution in [2.75, 3.05) is 23.5 Å². The van der Waals surface area contributed by atoms with E-state index in [2.05, 4.69) is 43.4 Å². The Morgan fingerprint density at radius 1 is 1.19 bits per heavy atom. The minimum atomic E-state index is -0.0781. The van der Waals surface area contributed by atoms with Gasteiger partial charge in [0.25, 0.3) is 0 Å². The number of ether oxygens (including phenoxy) is 1. The number of halogens is 1. The van der Waals surface area contributed by atoms with Gasteiger partial charge >= 0.3 is 0 Å². The van der Waals surface area contributed by atoms with Crippen molar-refractivity contribution in [1.29, 1.82) is 0 Å². The summed E-state index contributed by atoms with van der Waals surface area (Å²) in [6, 6.07) is 15.2. The van der Waals surface area contributed by atoms with E-state index >= 15 is 0 Å². The van der Waals surface area contributed by atoms with Gasteiger partial charge in [-0.15, -0.1) is 10.2 Å². The molecule has 0 unspecified atom stereocenters. The molecule has 2 N–H and O–H groups in total. The molecule has 1 heterocycles. The van der Waals surface area contributed by atoms with Crippen molar-refractivity contribution >= 4 is 68.1 Å². The molecular formula is C17H15IN4O2S2. The third-order valence-electron chi connectivity index (χ3n) is 3.21. The quantitative estimate of drug-likeness (QED) is 0.366. The summed E-state index contributed by atoms with van der Waals surface area (Å²) in [5, 5.41) is 14.9. The Morgan fingerprint density at radius 2 is 1.96 bits per heavy atom. The van der Waals surface area contributed by atoms with Crippen LogP contribution in [0.4, 0.5) is 16.5 Å². The number of amides is 1. The molecule has 0 radical (unpaired) electrons. The first-order valence-corrected chi connectivity index (χ1v) is 10.4. The van der Waals surface area contributed by atoms with Gasteiger partial charge in [-0.1, -0.05) is 35.2 Å². The second kappa shape index (κ2) is 9.19. The van der Waals surface area contributed by atoms with Crippen LogP contribution in [-0.4, -0.2) is 29.0 Å². The van der Waals surface area contributed by atoms with Crippen molar-refractivity contribution in [2.45, 2.75) is 4.34 Å². The highest BCUT2D eigenvalue weighted by Gasteiger charge is 2.10. The monoisotopic (exact) mass is 498 g/mol. The minimum Gasteiger partial charge on any atom is -0.495 e. The molecule has 0 aliphatic rings. The van der Waals surface area contributed by atoms with Crippen molar-refractivity contribution in [3.63, 3.8) is 0 Å². The molecule has 2 aromatic carbocycles. The van der Waals surface area contributed by atoms with Crippen LogP contribution >= 0.6 is 45.7 Å². The third kappa shape index (κ3) is 5.32. The Hall–Kier alpha value is -1.85. The number of thioether (sulfide) groups is 1. The lowest BCUT2D eigenvalue weighted by atomic mass is 10.3. The SMILES string of the molecule is COc1ccccc1Nc1nnc(SCC(=O)Nc2ccc(I)cc2)s1. The molecule has 0 saturated carbocycles. The normalized spacial score (nSPS) is 10.4. The number of carbonyl (C=O) groups excluding carboxylic acids is 1. The van der Waals surface area contributed by atoms with Gasteiger partial charge in [0.15, 0.2) is 4.34 Å². The lowest BCUT2D eigenvalue weighted by Gasteiger charge is -2.07. The first kappa shape index (κ1) is 18.9. The minimum absolute atomic E-state index is 0.0781. The molecule has 3 aromatic rings. The molecule has 0 spiro atoms. The maximum atomic E-state index is 12.0. The maximum absolute atomic E-state index is 12.0. The smallest absolute Gasteiger partial charge is 0.234 e. The summed E-state index contributed by atoms with van der Waals surface area (Å²) in [6.45, 7) is 0. The summed E-state index contributed by atoms with van der Waals surface area (Å²) in [5.41, 5.74) is 1.60. The first-order chi connectivity index (χ1) is 12.6. The maximum Gasteiger partial charge on any atom is 0.234 e. The Kier molecular flexibility index (Phi) is 6.69. The van der Waals surface area contributed by atoms with Crippen LogP contribution in [0.25, 0.3) is 0 Å². The largest absolute Gasteiger partial charge is 0.495 e. The predicted octanol–water partition coefficient (Wildman–Crippen LogP) is 4.63. The summed E-state index contributed by atoms with van der Waals surface area (Å²) < 4.78 is 7.15. The second-order valence-electron chi connectivity index (χ2n) is 5.04. The fourth-order valence-electron chi connectivity index (χ4n) is 2.04. The van der Waals surface area contributed by atoms with Crippen molar-refractivity contribution in [3.8, 4) is 5.75 Å². The summed E-state index contributed by atoms with van der Waals surface area (Å²) in [6.07, 6.45) is 0. The zero-order chi connectivity index (χ0) is 18.4. The van der Waals surface area contributed by atoms with E-state index in [1.165, 1.54) is 23.1 Å². The van der Waals surface area contributed by atoms with E-state index in [0.29, 0.717) is 5.13 Å². The number of benzene rings is 2. The summed E-state index contributed by atoms with van der Waals surface area (Å²) in [7, 11) is 1.62. The van der Waals surface area contributed by atoms with Gasteiger partial charge in [-0.25, -0.2) is 0 Å². The number of aromatic nitrogens is 2. The number of rotatable bonds is 7. The number of para-hydroxylation sites is 2. The van der Waals surface area contributed by atoms with Gasteiger partial charge in [-0.05, 0) is 59.0 Å². The third-order valence-corrected chi connectivity index (χ3v) is 5.90. The van der Waals surface area contributed by atoms with Crippen molar-refractivity contribution in [3.05, 3.63) is 52.1 Å². The van der Waals surface area contributed by atoms with E-state index in [4.69, 9.17) is 4.74 Å². The number of nitrogens with zero attached hydrogens (tertiary/aromatic N) is 2. The molecule has 0 bridgehead atoms. The molecule has 1 aromatic heterocycles.